The van der Waals surface area contributed by atoms with E-state index in [1.807, 2.05) is 24.3 Å². The third-order valence-electron chi connectivity index (χ3n) is 4.64. The molecule has 0 amide bonds. The fourth-order valence-electron chi connectivity index (χ4n) is 3.32. The van der Waals surface area contributed by atoms with E-state index in [-0.39, 0.29) is 6.04 Å². The van der Waals surface area contributed by atoms with Crippen LogP contribution in [-0.2, 0) is 0 Å². The Hall–Kier alpha value is -2.16. The number of benzene rings is 1. The summed E-state index contributed by atoms with van der Waals surface area (Å²) < 4.78 is 42.4. The molecule has 0 radical (unpaired) electrons. The maximum Gasteiger partial charge on any atom is 0.401 e. The van der Waals surface area contributed by atoms with Crippen molar-refractivity contribution in [3.05, 3.63) is 24.3 Å². The summed E-state index contributed by atoms with van der Waals surface area (Å²) in [4.78, 5) is 7.77. The zero-order valence-corrected chi connectivity index (χ0v) is 16.7. The lowest BCUT2D eigenvalue weighted by Crippen LogP contribution is -2.45. The molecule has 9 heteroatoms. The van der Waals surface area contributed by atoms with Gasteiger partial charge < -0.3 is 20.3 Å². The normalized spacial score (nSPS) is 17.9. The van der Waals surface area contributed by atoms with Crippen molar-refractivity contribution >= 4 is 11.6 Å². The summed E-state index contributed by atoms with van der Waals surface area (Å²) in [6.45, 7) is 1.78. The number of nitrogens with one attached hydrogen (secondary N) is 2. The molecule has 6 nitrogen and oxygen atoms in total. The lowest BCUT2D eigenvalue weighted by atomic mass is 10.2. The molecule has 1 saturated heterocycles. The number of methoxy groups -OCH3 is 1. The molecule has 0 spiro atoms. The van der Waals surface area contributed by atoms with Gasteiger partial charge >= 0.3 is 6.18 Å². The number of hydrogen-bond acceptors (Lipinski definition) is 4. The van der Waals surface area contributed by atoms with E-state index in [0.29, 0.717) is 25.5 Å². The number of para-hydroxylation sites is 2. The molecule has 1 aliphatic heterocycles. The van der Waals surface area contributed by atoms with Crippen LogP contribution in [0.15, 0.2) is 29.3 Å². The monoisotopic (exact) mass is 401 g/mol. The first kappa shape index (κ1) is 22.1. The van der Waals surface area contributed by atoms with Crippen molar-refractivity contribution in [3.8, 4) is 5.75 Å². The topological polar surface area (TPSA) is 52.1 Å². The smallest absolute Gasteiger partial charge is 0.401 e. The number of nitrogens with zero attached hydrogens (tertiary/aromatic N) is 3. The Kier molecular flexibility index (Phi) is 8.22. The van der Waals surface area contributed by atoms with Gasteiger partial charge in [0.25, 0.3) is 0 Å². The van der Waals surface area contributed by atoms with Crippen LogP contribution in [0.4, 0.5) is 18.9 Å². The fraction of sp³-hybridized carbons (Fsp3) is 0.632. The van der Waals surface area contributed by atoms with E-state index in [1.54, 1.807) is 14.2 Å². The van der Waals surface area contributed by atoms with Crippen LogP contribution in [-0.4, -0.2) is 77.0 Å². The van der Waals surface area contributed by atoms with Gasteiger partial charge in [-0.05, 0) is 38.6 Å². The number of anilines is 1. The Morgan fingerprint density at radius 2 is 2.11 bits per heavy atom. The molecule has 1 aliphatic rings. The third-order valence-corrected chi connectivity index (χ3v) is 4.64. The van der Waals surface area contributed by atoms with E-state index in [1.165, 1.54) is 11.9 Å². The lowest BCUT2D eigenvalue weighted by molar-refractivity contribution is -0.143. The van der Waals surface area contributed by atoms with Gasteiger partial charge in [0.15, 0.2) is 5.96 Å². The summed E-state index contributed by atoms with van der Waals surface area (Å²) in [7, 11) is 4.84. The van der Waals surface area contributed by atoms with Gasteiger partial charge in [-0.3, -0.25) is 9.89 Å². The molecule has 1 aromatic rings. The molecule has 0 aromatic heterocycles. The minimum atomic E-state index is -4.16. The van der Waals surface area contributed by atoms with Crippen molar-refractivity contribution in [2.75, 3.05) is 58.8 Å². The molecule has 0 aliphatic carbocycles. The van der Waals surface area contributed by atoms with Crippen molar-refractivity contribution in [2.24, 2.45) is 4.99 Å². The van der Waals surface area contributed by atoms with Gasteiger partial charge in [-0.15, -0.1) is 0 Å². The number of alkyl halides is 3. The lowest BCUT2D eigenvalue weighted by Gasteiger charge is -2.22. The molecule has 1 heterocycles. The van der Waals surface area contributed by atoms with Gasteiger partial charge in [0.1, 0.15) is 5.75 Å². The van der Waals surface area contributed by atoms with Crippen molar-refractivity contribution in [1.82, 2.24) is 15.5 Å². The highest BCUT2D eigenvalue weighted by Gasteiger charge is 2.29. The summed E-state index contributed by atoms with van der Waals surface area (Å²) in [5.74, 6) is 1.53. The summed E-state index contributed by atoms with van der Waals surface area (Å²) in [6, 6.07) is 8.18. The summed E-state index contributed by atoms with van der Waals surface area (Å²) in [5.41, 5.74) is 1.07. The molecule has 0 saturated carbocycles. The van der Waals surface area contributed by atoms with E-state index in [0.717, 1.165) is 30.9 Å². The van der Waals surface area contributed by atoms with Gasteiger partial charge in [-0.25, -0.2) is 0 Å². The zero-order chi connectivity index (χ0) is 20.6. The zero-order valence-electron chi connectivity index (χ0n) is 16.7. The van der Waals surface area contributed by atoms with E-state index in [9.17, 15) is 13.2 Å². The molecule has 1 atom stereocenters. The molecular formula is C19H30F3N5O. The predicted molar refractivity (Wildman–Crippen MR) is 106 cm³/mol. The second-order valence-electron chi connectivity index (χ2n) is 6.95. The number of hydrogen-bond donors (Lipinski definition) is 2. The average Bonchev–Trinajstić information content (AvgIpc) is 3.11. The Labute approximate surface area is 164 Å². The fourth-order valence-corrected chi connectivity index (χ4v) is 3.32. The number of aliphatic imine (C=N–C) groups is 1. The molecular weight excluding hydrogens is 371 g/mol. The second kappa shape index (κ2) is 10.4. The Morgan fingerprint density at radius 1 is 1.36 bits per heavy atom. The second-order valence-corrected chi connectivity index (χ2v) is 6.95. The first-order valence-electron chi connectivity index (χ1n) is 9.43. The maximum absolute atomic E-state index is 12.3. The van der Waals surface area contributed by atoms with Crippen molar-refractivity contribution in [1.29, 1.82) is 0 Å². The molecule has 1 fully saturated rings. The molecule has 2 N–H and O–H groups in total. The number of guanidine groups is 1. The minimum Gasteiger partial charge on any atom is -0.495 e. The van der Waals surface area contributed by atoms with Gasteiger partial charge in [-0.2, -0.15) is 13.2 Å². The van der Waals surface area contributed by atoms with E-state index in [4.69, 9.17) is 4.74 Å². The molecule has 28 heavy (non-hydrogen) atoms. The third kappa shape index (κ3) is 7.10. The summed E-state index contributed by atoms with van der Waals surface area (Å²) in [6.07, 6.45) is -2.59. The van der Waals surface area contributed by atoms with Gasteiger partial charge in [0.05, 0.1) is 19.3 Å². The van der Waals surface area contributed by atoms with Crippen molar-refractivity contribution in [3.63, 3.8) is 0 Å². The van der Waals surface area contributed by atoms with Crippen LogP contribution in [0.5, 0.6) is 5.75 Å². The molecule has 1 aromatic carbocycles. The molecule has 1 unspecified atom stereocenters. The highest BCUT2D eigenvalue weighted by molar-refractivity contribution is 5.80. The Morgan fingerprint density at radius 3 is 2.79 bits per heavy atom. The van der Waals surface area contributed by atoms with Gasteiger partial charge in [0.2, 0.25) is 0 Å². The van der Waals surface area contributed by atoms with Crippen LogP contribution < -0.4 is 20.3 Å². The average molecular weight is 401 g/mol. The standard InChI is InChI=1S/C19H30F3N5O/c1-23-18(24-10-6-11-26(2)14-19(20,21)22)25-15-9-12-27(13-15)16-7-4-5-8-17(16)28-3/h4-5,7-8,15H,6,9-14H2,1-3H3,(H2,23,24,25). The number of halogens is 3. The quantitative estimate of drug-likeness (QED) is 0.398. The Bertz CT molecular complexity index is 638. The van der Waals surface area contributed by atoms with Crippen LogP contribution in [0.1, 0.15) is 12.8 Å². The molecule has 2 rings (SSSR count). The van der Waals surface area contributed by atoms with E-state index in [2.05, 4.69) is 20.5 Å². The van der Waals surface area contributed by atoms with Crippen LogP contribution in [0.3, 0.4) is 0 Å². The van der Waals surface area contributed by atoms with Gasteiger partial charge in [0, 0.05) is 32.7 Å². The van der Waals surface area contributed by atoms with Crippen molar-refractivity contribution < 1.29 is 17.9 Å². The summed E-state index contributed by atoms with van der Waals surface area (Å²) in [5, 5.41) is 6.57. The first-order valence-corrected chi connectivity index (χ1v) is 9.43. The Balaban J connectivity index is 1.73. The number of rotatable bonds is 8. The minimum absolute atomic E-state index is 0.240. The van der Waals surface area contributed by atoms with Gasteiger partial charge in [-0.1, -0.05) is 12.1 Å². The predicted octanol–water partition coefficient (Wildman–Crippen LogP) is 2.32. The maximum atomic E-state index is 12.3. The largest absolute Gasteiger partial charge is 0.495 e. The van der Waals surface area contributed by atoms with Crippen LogP contribution in [0.25, 0.3) is 0 Å². The van der Waals surface area contributed by atoms with Crippen LogP contribution in [0, 0.1) is 0 Å². The molecule has 158 valence electrons. The van der Waals surface area contributed by atoms with Crippen molar-refractivity contribution in [2.45, 2.75) is 25.1 Å². The molecule has 0 bridgehead atoms. The highest BCUT2D eigenvalue weighted by atomic mass is 19.4. The number of ether oxygens (including phenoxy) is 1. The van der Waals surface area contributed by atoms with Crippen LogP contribution in [0.2, 0.25) is 0 Å². The first-order chi connectivity index (χ1) is 13.3. The van der Waals surface area contributed by atoms with Crippen LogP contribution >= 0.6 is 0 Å². The highest BCUT2D eigenvalue weighted by Crippen LogP contribution is 2.30. The van der Waals surface area contributed by atoms with E-state index >= 15 is 0 Å². The SMILES string of the molecule is CN=C(NCCCN(C)CC(F)(F)F)NC1CCN(c2ccccc2OC)C1. The van der Waals surface area contributed by atoms with E-state index < -0.39 is 12.7 Å². The summed E-state index contributed by atoms with van der Waals surface area (Å²) >= 11 is 0.